The molecular weight excluding hydrogens is 354 g/mol. The Morgan fingerprint density at radius 1 is 1.15 bits per heavy atom. The first-order valence-electron chi connectivity index (χ1n) is 9.37. The molecule has 0 spiro atoms. The summed E-state index contributed by atoms with van der Waals surface area (Å²) in [6.45, 7) is 3.80. The van der Waals surface area contributed by atoms with E-state index in [1.54, 1.807) is 23.6 Å². The maximum atomic E-state index is 12.4. The number of benzene rings is 1. The van der Waals surface area contributed by atoms with Crippen LogP contribution in [-0.2, 0) is 13.0 Å². The SMILES string of the molecule is O=C(NCCCN1CCc2ccccc2C1)c1ccnc(-c2cccs2)c1. The van der Waals surface area contributed by atoms with Gasteiger partial charge in [0.15, 0.2) is 0 Å². The zero-order valence-electron chi connectivity index (χ0n) is 15.2. The van der Waals surface area contributed by atoms with Crippen LogP contribution in [0.3, 0.4) is 0 Å². The Kier molecular flexibility index (Phi) is 5.61. The predicted molar refractivity (Wildman–Crippen MR) is 110 cm³/mol. The van der Waals surface area contributed by atoms with Crippen LogP contribution in [0, 0.1) is 0 Å². The van der Waals surface area contributed by atoms with Gasteiger partial charge < -0.3 is 5.32 Å². The van der Waals surface area contributed by atoms with Crippen molar-refractivity contribution in [1.29, 1.82) is 0 Å². The van der Waals surface area contributed by atoms with Gasteiger partial charge in [-0.1, -0.05) is 30.3 Å². The van der Waals surface area contributed by atoms with Crippen molar-refractivity contribution >= 4 is 17.2 Å². The maximum absolute atomic E-state index is 12.4. The molecule has 1 N–H and O–H groups in total. The third-order valence-electron chi connectivity index (χ3n) is 4.94. The third kappa shape index (κ3) is 4.43. The lowest BCUT2D eigenvalue weighted by molar-refractivity contribution is 0.0951. The predicted octanol–water partition coefficient (Wildman–Crippen LogP) is 3.99. The van der Waals surface area contributed by atoms with Gasteiger partial charge in [0.25, 0.3) is 5.91 Å². The van der Waals surface area contributed by atoms with Crippen LogP contribution in [0.5, 0.6) is 0 Å². The quantitative estimate of drug-likeness (QED) is 0.661. The molecule has 1 amide bonds. The molecule has 5 heteroatoms. The van der Waals surface area contributed by atoms with Crippen molar-refractivity contribution in [3.8, 4) is 10.6 Å². The van der Waals surface area contributed by atoms with E-state index in [2.05, 4.69) is 39.5 Å². The molecule has 0 bridgehead atoms. The number of amides is 1. The van der Waals surface area contributed by atoms with Crippen LogP contribution in [0.15, 0.2) is 60.1 Å². The number of aromatic nitrogens is 1. The van der Waals surface area contributed by atoms with Crippen molar-refractivity contribution in [3.05, 3.63) is 76.8 Å². The van der Waals surface area contributed by atoms with Gasteiger partial charge in [-0.15, -0.1) is 11.3 Å². The number of fused-ring (bicyclic) bond motifs is 1. The van der Waals surface area contributed by atoms with Gasteiger partial charge in [-0.05, 0) is 47.5 Å². The minimum atomic E-state index is -0.0285. The summed E-state index contributed by atoms with van der Waals surface area (Å²) in [5, 5.41) is 5.06. The molecule has 3 aromatic rings. The molecular formula is C22H23N3OS. The summed E-state index contributed by atoms with van der Waals surface area (Å²) in [6, 6.07) is 16.3. The van der Waals surface area contributed by atoms with Gasteiger partial charge in [-0.3, -0.25) is 14.7 Å². The molecule has 2 aromatic heterocycles. The molecule has 1 aliphatic rings. The van der Waals surface area contributed by atoms with E-state index in [1.165, 1.54) is 11.1 Å². The Hall–Kier alpha value is -2.50. The van der Waals surface area contributed by atoms with E-state index >= 15 is 0 Å². The van der Waals surface area contributed by atoms with Crippen molar-refractivity contribution in [2.45, 2.75) is 19.4 Å². The summed E-state index contributed by atoms with van der Waals surface area (Å²) in [5.74, 6) is -0.0285. The lowest BCUT2D eigenvalue weighted by Gasteiger charge is -2.28. The Bertz CT molecular complexity index is 907. The molecule has 0 atom stereocenters. The summed E-state index contributed by atoms with van der Waals surface area (Å²) in [6.07, 6.45) is 3.77. The van der Waals surface area contributed by atoms with Gasteiger partial charge in [-0.2, -0.15) is 0 Å². The highest BCUT2D eigenvalue weighted by Gasteiger charge is 2.15. The highest BCUT2D eigenvalue weighted by molar-refractivity contribution is 7.13. The van der Waals surface area contributed by atoms with Crippen LogP contribution >= 0.6 is 11.3 Å². The van der Waals surface area contributed by atoms with E-state index in [4.69, 9.17) is 0 Å². The first kappa shape index (κ1) is 17.9. The standard InChI is InChI=1S/C22H23N3OS/c26-22(18-8-11-23-20(15-18)21-7-3-14-27-21)24-10-4-12-25-13-9-17-5-1-2-6-19(17)16-25/h1-3,5-8,11,14-15H,4,9-10,12-13,16H2,(H,24,26). The average Bonchev–Trinajstić information content (AvgIpc) is 3.26. The van der Waals surface area contributed by atoms with Crippen molar-refractivity contribution in [1.82, 2.24) is 15.2 Å². The van der Waals surface area contributed by atoms with Crippen LogP contribution in [0.1, 0.15) is 27.9 Å². The van der Waals surface area contributed by atoms with E-state index in [0.717, 1.165) is 43.0 Å². The molecule has 0 aliphatic carbocycles. The van der Waals surface area contributed by atoms with E-state index in [9.17, 15) is 4.79 Å². The first-order chi connectivity index (χ1) is 13.3. The van der Waals surface area contributed by atoms with Gasteiger partial charge >= 0.3 is 0 Å². The number of hydrogen-bond donors (Lipinski definition) is 1. The van der Waals surface area contributed by atoms with E-state index in [0.29, 0.717) is 12.1 Å². The summed E-state index contributed by atoms with van der Waals surface area (Å²) in [5.41, 5.74) is 4.43. The molecule has 0 radical (unpaired) electrons. The van der Waals surface area contributed by atoms with Crippen molar-refractivity contribution in [2.24, 2.45) is 0 Å². The van der Waals surface area contributed by atoms with Crippen LogP contribution in [0.4, 0.5) is 0 Å². The number of rotatable bonds is 6. The normalized spacial score (nSPS) is 13.9. The second-order valence-corrected chi connectivity index (χ2v) is 7.76. The van der Waals surface area contributed by atoms with Gasteiger partial charge in [0.2, 0.25) is 0 Å². The Morgan fingerprint density at radius 2 is 2.04 bits per heavy atom. The second kappa shape index (κ2) is 8.46. The number of nitrogens with one attached hydrogen (secondary N) is 1. The summed E-state index contributed by atoms with van der Waals surface area (Å²) >= 11 is 1.63. The fraction of sp³-hybridized carbons (Fsp3) is 0.273. The molecule has 0 unspecified atom stereocenters. The van der Waals surface area contributed by atoms with Crippen LogP contribution in [-0.4, -0.2) is 35.4 Å². The van der Waals surface area contributed by atoms with Gasteiger partial charge in [0, 0.05) is 37.9 Å². The topological polar surface area (TPSA) is 45.2 Å². The zero-order chi connectivity index (χ0) is 18.5. The highest BCUT2D eigenvalue weighted by Crippen LogP contribution is 2.23. The van der Waals surface area contributed by atoms with E-state index in [1.807, 2.05) is 23.6 Å². The molecule has 4 nitrogen and oxygen atoms in total. The van der Waals surface area contributed by atoms with E-state index < -0.39 is 0 Å². The number of thiophene rings is 1. The maximum Gasteiger partial charge on any atom is 0.251 e. The minimum Gasteiger partial charge on any atom is -0.352 e. The largest absolute Gasteiger partial charge is 0.352 e. The number of carbonyl (C=O) groups is 1. The Labute approximate surface area is 163 Å². The number of nitrogens with zero attached hydrogens (tertiary/aromatic N) is 2. The molecule has 4 rings (SSSR count). The molecule has 0 saturated carbocycles. The van der Waals surface area contributed by atoms with Crippen LogP contribution in [0.2, 0.25) is 0 Å². The summed E-state index contributed by atoms with van der Waals surface area (Å²) in [7, 11) is 0. The molecule has 1 aliphatic heterocycles. The molecule has 0 saturated heterocycles. The molecule has 27 heavy (non-hydrogen) atoms. The van der Waals surface area contributed by atoms with Crippen molar-refractivity contribution < 1.29 is 4.79 Å². The summed E-state index contributed by atoms with van der Waals surface area (Å²) in [4.78, 5) is 20.3. The lowest BCUT2D eigenvalue weighted by atomic mass is 10.00. The van der Waals surface area contributed by atoms with Gasteiger partial charge in [0.05, 0.1) is 10.6 Å². The smallest absolute Gasteiger partial charge is 0.251 e. The first-order valence-corrected chi connectivity index (χ1v) is 10.2. The fourth-order valence-electron chi connectivity index (χ4n) is 3.48. The minimum absolute atomic E-state index is 0.0285. The highest BCUT2D eigenvalue weighted by atomic mass is 32.1. The van der Waals surface area contributed by atoms with Crippen molar-refractivity contribution in [3.63, 3.8) is 0 Å². The van der Waals surface area contributed by atoms with E-state index in [-0.39, 0.29) is 5.91 Å². The Balaban J connectivity index is 1.25. The van der Waals surface area contributed by atoms with Crippen molar-refractivity contribution in [2.75, 3.05) is 19.6 Å². The fourth-order valence-corrected chi connectivity index (χ4v) is 4.18. The third-order valence-corrected chi connectivity index (χ3v) is 5.83. The van der Waals surface area contributed by atoms with Crippen LogP contribution < -0.4 is 5.32 Å². The molecule has 138 valence electrons. The Morgan fingerprint density at radius 3 is 2.89 bits per heavy atom. The second-order valence-electron chi connectivity index (χ2n) is 6.81. The van der Waals surface area contributed by atoms with Gasteiger partial charge in [-0.25, -0.2) is 0 Å². The molecule has 0 fully saturated rings. The number of pyridine rings is 1. The van der Waals surface area contributed by atoms with Crippen LogP contribution in [0.25, 0.3) is 10.6 Å². The summed E-state index contributed by atoms with van der Waals surface area (Å²) < 4.78 is 0. The number of hydrogen-bond acceptors (Lipinski definition) is 4. The number of carbonyl (C=O) groups excluding carboxylic acids is 1. The zero-order valence-corrected chi connectivity index (χ0v) is 16.0. The molecule has 3 heterocycles. The molecule has 1 aromatic carbocycles. The van der Waals surface area contributed by atoms with Gasteiger partial charge in [0.1, 0.15) is 0 Å². The lowest BCUT2D eigenvalue weighted by Crippen LogP contribution is -2.33. The average molecular weight is 378 g/mol. The monoisotopic (exact) mass is 377 g/mol.